The molecule has 0 N–H and O–H groups in total. The third-order valence-electron chi connectivity index (χ3n) is 2.35. The molecule has 88 valence electrons. The number of nitrogens with zero attached hydrogens (tertiary/aromatic N) is 4. The fourth-order valence-corrected chi connectivity index (χ4v) is 1.53. The molecule has 0 spiro atoms. The Bertz CT molecular complexity index is 485. The zero-order valence-electron chi connectivity index (χ0n) is 10.1. The molecule has 1 aromatic carbocycles. The van der Waals surface area contributed by atoms with Gasteiger partial charge in [-0.05, 0) is 5.56 Å². The molecule has 2 rings (SSSR count). The quantitative estimate of drug-likeness (QED) is 0.591. The van der Waals surface area contributed by atoms with Crippen LogP contribution < -0.4 is 0 Å². The average molecular weight is 228 g/mol. The van der Waals surface area contributed by atoms with Crippen molar-refractivity contribution in [3.8, 4) is 0 Å². The molecule has 0 saturated heterocycles. The number of imidazole rings is 1. The molecule has 2 aromatic rings. The predicted molar refractivity (Wildman–Crippen MR) is 69.1 cm³/mol. The van der Waals surface area contributed by atoms with E-state index in [0.717, 1.165) is 12.4 Å². The lowest BCUT2D eigenvalue weighted by atomic mass is 10.2. The smallest absolute Gasteiger partial charge is 0.153 e. The molecule has 1 aromatic heterocycles. The highest BCUT2D eigenvalue weighted by Crippen LogP contribution is 2.04. The van der Waals surface area contributed by atoms with Crippen LogP contribution in [0, 0.1) is 0 Å². The maximum absolute atomic E-state index is 4.27. The Kier molecular flexibility index (Phi) is 3.55. The first-order valence-electron chi connectivity index (χ1n) is 5.52. The van der Waals surface area contributed by atoms with Crippen LogP contribution in [0.5, 0.6) is 0 Å². The molecule has 0 aliphatic heterocycles. The lowest BCUT2D eigenvalue weighted by Gasteiger charge is -2.06. The second kappa shape index (κ2) is 5.30. The van der Waals surface area contributed by atoms with Gasteiger partial charge in [-0.2, -0.15) is 5.10 Å². The lowest BCUT2D eigenvalue weighted by molar-refractivity contribution is 0.440. The summed E-state index contributed by atoms with van der Waals surface area (Å²) in [6, 6.07) is 10.3. The SMILES string of the molecule is CN(C)/N=C/c1nccn1Cc1ccccc1. The maximum atomic E-state index is 4.27. The van der Waals surface area contributed by atoms with E-state index in [1.165, 1.54) is 5.56 Å². The molecule has 0 bridgehead atoms. The van der Waals surface area contributed by atoms with Gasteiger partial charge in [0, 0.05) is 33.0 Å². The number of hydrogen-bond donors (Lipinski definition) is 0. The van der Waals surface area contributed by atoms with Crippen LogP contribution in [0.4, 0.5) is 0 Å². The minimum atomic E-state index is 0.815. The Balaban J connectivity index is 2.15. The van der Waals surface area contributed by atoms with Crippen LogP contribution in [0.2, 0.25) is 0 Å². The molecule has 0 aliphatic rings. The highest BCUT2D eigenvalue weighted by Gasteiger charge is 2.00. The Morgan fingerprint density at radius 1 is 1.29 bits per heavy atom. The van der Waals surface area contributed by atoms with Gasteiger partial charge in [-0.15, -0.1) is 0 Å². The van der Waals surface area contributed by atoms with Crippen LogP contribution in [-0.2, 0) is 6.54 Å². The van der Waals surface area contributed by atoms with Gasteiger partial charge in [0.05, 0.1) is 6.21 Å². The van der Waals surface area contributed by atoms with E-state index >= 15 is 0 Å². The maximum Gasteiger partial charge on any atom is 0.153 e. The number of rotatable bonds is 4. The monoisotopic (exact) mass is 228 g/mol. The largest absolute Gasteiger partial charge is 0.326 e. The molecule has 0 unspecified atom stereocenters. The number of hydrazone groups is 1. The third-order valence-corrected chi connectivity index (χ3v) is 2.35. The normalized spacial score (nSPS) is 10.9. The van der Waals surface area contributed by atoms with E-state index in [0.29, 0.717) is 0 Å². The average Bonchev–Trinajstić information content (AvgIpc) is 2.75. The topological polar surface area (TPSA) is 33.4 Å². The first-order chi connectivity index (χ1) is 8.25. The van der Waals surface area contributed by atoms with Crippen molar-refractivity contribution in [3.63, 3.8) is 0 Å². The Morgan fingerprint density at radius 3 is 2.76 bits per heavy atom. The van der Waals surface area contributed by atoms with Gasteiger partial charge in [0.25, 0.3) is 0 Å². The van der Waals surface area contributed by atoms with Crippen molar-refractivity contribution in [2.24, 2.45) is 5.10 Å². The minimum Gasteiger partial charge on any atom is -0.326 e. The van der Waals surface area contributed by atoms with Crippen molar-refractivity contribution < 1.29 is 0 Å². The van der Waals surface area contributed by atoms with Gasteiger partial charge in [-0.1, -0.05) is 30.3 Å². The molecule has 4 heteroatoms. The first-order valence-corrected chi connectivity index (χ1v) is 5.52. The van der Waals surface area contributed by atoms with Gasteiger partial charge in [0.15, 0.2) is 5.82 Å². The van der Waals surface area contributed by atoms with E-state index in [4.69, 9.17) is 0 Å². The fourth-order valence-electron chi connectivity index (χ4n) is 1.53. The summed E-state index contributed by atoms with van der Waals surface area (Å²) < 4.78 is 2.07. The molecule has 4 nitrogen and oxygen atoms in total. The van der Waals surface area contributed by atoms with E-state index in [9.17, 15) is 0 Å². The molecule has 0 saturated carbocycles. The van der Waals surface area contributed by atoms with Gasteiger partial charge in [0.1, 0.15) is 0 Å². The van der Waals surface area contributed by atoms with Crippen LogP contribution in [0.25, 0.3) is 0 Å². The summed E-state index contributed by atoms with van der Waals surface area (Å²) >= 11 is 0. The van der Waals surface area contributed by atoms with E-state index in [2.05, 4.69) is 26.8 Å². The van der Waals surface area contributed by atoms with Crippen LogP contribution in [0.15, 0.2) is 47.8 Å². The van der Waals surface area contributed by atoms with Crippen molar-refractivity contribution >= 4 is 6.21 Å². The molecule has 0 fully saturated rings. The van der Waals surface area contributed by atoms with Gasteiger partial charge in [-0.25, -0.2) is 4.98 Å². The molecular formula is C13H16N4. The summed E-state index contributed by atoms with van der Waals surface area (Å²) in [5.41, 5.74) is 1.25. The summed E-state index contributed by atoms with van der Waals surface area (Å²) in [4.78, 5) is 4.27. The molecule has 17 heavy (non-hydrogen) atoms. The fraction of sp³-hybridized carbons (Fsp3) is 0.231. The number of hydrogen-bond acceptors (Lipinski definition) is 3. The second-order valence-corrected chi connectivity index (χ2v) is 3.99. The zero-order valence-corrected chi connectivity index (χ0v) is 10.1. The second-order valence-electron chi connectivity index (χ2n) is 3.99. The first kappa shape index (κ1) is 11.4. The molecule has 0 amide bonds. The summed E-state index contributed by atoms with van der Waals surface area (Å²) in [6.07, 6.45) is 5.52. The van der Waals surface area contributed by atoms with Crippen LogP contribution in [-0.4, -0.2) is 34.9 Å². The van der Waals surface area contributed by atoms with Crippen LogP contribution in [0.1, 0.15) is 11.4 Å². The van der Waals surface area contributed by atoms with Gasteiger partial charge in [-0.3, -0.25) is 0 Å². The van der Waals surface area contributed by atoms with Crippen LogP contribution in [0.3, 0.4) is 0 Å². The Labute approximate surface area is 101 Å². The van der Waals surface area contributed by atoms with Crippen molar-refractivity contribution in [1.29, 1.82) is 0 Å². The van der Waals surface area contributed by atoms with E-state index < -0.39 is 0 Å². The molecule has 0 aliphatic carbocycles. The summed E-state index contributed by atoms with van der Waals surface area (Å²) in [6.45, 7) is 0.815. The van der Waals surface area contributed by atoms with E-state index in [1.54, 1.807) is 17.4 Å². The molecule has 1 heterocycles. The van der Waals surface area contributed by atoms with Crippen molar-refractivity contribution in [1.82, 2.24) is 14.6 Å². The number of benzene rings is 1. The summed E-state index contributed by atoms with van der Waals surface area (Å²) in [5.74, 6) is 0.863. The van der Waals surface area contributed by atoms with E-state index in [1.807, 2.05) is 38.5 Å². The highest BCUT2D eigenvalue weighted by molar-refractivity contribution is 5.74. The van der Waals surface area contributed by atoms with Crippen molar-refractivity contribution in [2.75, 3.05) is 14.1 Å². The lowest BCUT2D eigenvalue weighted by Crippen LogP contribution is -2.07. The predicted octanol–water partition coefficient (Wildman–Crippen LogP) is 1.83. The van der Waals surface area contributed by atoms with Gasteiger partial charge >= 0.3 is 0 Å². The Morgan fingerprint density at radius 2 is 2.06 bits per heavy atom. The Hall–Kier alpha value is -2.10. The standard InChI is InChI=1S/C13H16N4/c1-16(2)15-10-13-14-8-9-17(13)11-12-6-4-3-5-7-12/h3-10H,11H2,1-2H3/b15-10+. The molecule has 0 atom stereocenters. The van der Waals surface area contributed by atoms with Crippen molar-refractivity contribution in [2.45, 2.75) is 6.54 Å². The number of aromatic nitrogens is 2. The van der Waals surface area contributed by atoms with Crippen LogP contribution >= 0.6 is 0 Å². The highest BCUT2D eigenvalue weighted by atomic mass is 15.4. The van der Waals surface area contributed by atoms with Gasteiger partial charge < -0.3 is 9.58 Å². The summed E-state index contributed by atoms with van der Waals surface area (Å²) in [7, 11) is 3.78. The summed E-state index contributed by atoms with van der Waals surface area (Å²) in [5, 5.41) is 5.95. The minimum absolute atomic E-state index is 0.815. The molecular weight excluding hydrogens is 212 g/mol. The zero-order chi connectivity index (χ0) is 12.1. The van der Waals surface area contributed by atoms with Gasteiger partial charge in [0.2, 0.25) is 0 Å². The van der Waals surface area contributed by atoms with Crippen molar-refractivity contribution in [3.05, 3.63) is 54.1 Å². The van der Waals surface area contributed by atoms with E-state index in [-0.39, 0.29) is 0 Å². The third kappa shape index (κ3) is 3.17. The molecule has 0 radical (unpaired) electrons.